The molecule has 0 atom stereocenters. The summed E-state index contributed by atoms with van der Waals surface area (Å²) in [5.74, 6) is 2.20. The number of carbonyl (C=O) groups excluding carboxylic acids is 1. The van der Waals surface area contributed by atoms with E-state index in [0.29, 0.717) is 12.5 Å². The lowest BCUT2D eigenvalue weighted by Crippen LogP contribution is -2.48. The summed E-state index contributed by atoms with van der Waals surface area (Å²) in [6, 6.07) is 6.09. The summed E-state index contributed by atoms with van der Waals surface area (Å²) in [6.07, 6.45) is 2.26. The number of anilines is 1. The summed E-state index contributed by atoms with van der Waals surface area (Å²) >= 11 is 2.98. The van der Waals surface area contributed by atoms with E-state index in [1.165, 1.54) is 28.7 Å². The van der Waals surface area contributed by atoms with Gasteiger partial charge in [0.05, 0.1) is 5.75 Å². The smallest absolute Gasteiger partial charge is 0.233 e. The van der Waals surface area contributed by atoms with Crippen LogP contribution in [-0.2, 0) is 11.3 Å². The minimum Gasteiger partial charge on any atom is -0.454 e. The highest BCUT2D eigenvalue weighted by molar-refractivity contribution is 8.01. The molecule has 1 N–H and O–H groups in total. The van der Waals surface area contributed by atoms with E-state index in [0.717, 1.165) is 73.1 Å². The maximum atomic E-state index is 12.6. The molecule has 3 heterocycles. The minimum absolute atomic E-state index is 0.165. The van der Waals surface area contributed by atoms with Crippen molar-refractivity contribution < 1.29 is 14.3 Å². The predicted molar refractivity (Wildman–Crippen MR) is 118 cm³/mol. The Morgan fingerprint density at radius 2 is 2.03 bits per heavy atom. The van der Waals surface area contributed by atoms with Crippen molar-refractivity contribution >= 4 is 34.1 Å². The SMILES string of the molecule is CCCCNc1nnc(SCC(=O)N2CCN(Cc3ccc4c(c3)OCO4)CC2)s1. The van der Waals surface area contributed by atoms with Gasteiger partial charge in [-0.1, -0.05) is 42.5 Å². The van der Waals surface area contributed by atoms with Crippen LogP contribution in [0.25, 0.3) is 0 Å². The minimum atomic E-state index is 0.165. The fraction of sp³-hybridized carbons (Fsp3) is 0.550. The lowest BCUT2D eigenvalue weighted by atomic mass is 10.1. The number of ether oxygens (including phenoxy) is 2. The summed E-state index contributed by atoms with van der Waals surface area (Å²) in [5, 5.41) is 12.4. The number of benzene rings is 1. The van der Waals surface area contributed by atoms with Crippen molar-refractivity contribution in [2.24, 2.45) is 0 Å². The predicted octanol–water partition coefficient (Wildman–Crippen LogP) is 2.92. The average Bonchev–Trinajstić information content (AvgIpc) is 3.42. The van der Waals surface area contributed by atoms with E-state index in [1.54, 1.807) is 0 Å². The van der Waals surface area contributed by atoms with E-state index in [-0.39, 0.29) is 5.91 Å². The first kappa shape index (κ1) is 21.2. The molecule has 1 fully saturated rings. The Bertz CT molecular complexity index is 855. The van der Waals surface area contributed by atoms with Crippen molar-refractivity contribution in [3.8, 4) is 11.5 Å². The molecule has 1 amide bonds. The molecule has 0 spiro atoms. The zero-order chi connectivity index (χ0) is 20.8. The van der Waals surface area contributed by atoms with E-state index >= 15 is 0 Å². The fourth-order valence-corrected chi connectivity index (χ4v) is 5.06. The monoisotopic (exact) mass is 449 g/mol. The molecule has 1 aromatic heterocycles. The van der Waals surface area contributed by atoms with Gasteiger partial charge in [0.25, 0.3) is 0 Å². The van der Waals surface area contributed by atoms with Gasteiger partial charge >= 0.3 is 0 Å². The maximum absolute atomic E-state index is 12.6. The van der Waals surface area contributed by atoms with Gasteiger partial charge in [-0.05, 0) is 24.1 Å². The fourth-order valence-electron chi connectivity index (χ4n) is 3.38. The Hall–Kier alpha value is -2.04. The number of aromatic nitrogens is 2. The third kappa shape index (κ3) is 5.55. The number of unbranched alkanes of at least 4 members (excludes halogenated alkanes) is 1. The first-order valence-corrected chi connectivity index (χ1v) is 12.1. The van der Waals surface area contributed by atoms with Crippen LogP contribution < -0.4 is 14.8 Å². The van der Waals surface area contributed by atoms with E-state index in [9.17, 15) is 4.79 Å². The van der Waals surface area contributed by atoms with E-state index in [1.807, 2.05) is 17.0 Å². The molecule has 8 nitrogen and oxygen atoms in total. The van der Waals surface area contributed by atoms with Gasteiger partial charge in [0.2, 0.25) is 17.8 Å². The summed E-state index contributed by atoms with van der Waals surface area (Å²) in [5.41, 5.74) is 1.20. The molecule has 2 aromatic rings. The number of amides is 1. The Morgan fingerprint density at radius 1 is 1.20 bits per heavy atom. The Kier molecular flexibility index (Phi) is 7.29. The molecule has 0 radical (unpaired) electrons. The van der Waals surface area contributed by atoms with Crippen LogP contribution in [0.2, 0.25) is 0 Å². The first-order chi connectivity index (χ1) is 14.7. The zero-order valence-corrected chi connectivity index (χ0v) is 18.8. The van der Waals surface area contributed by atoms with Gasteiger partial charge < -0.3 is 19.7 Å². The molecule has 30 heavy (non-hydrogen) atoms. The number of nitrogens with one attached hydrogen (secondary N) is 1. The number of carbonyl (C=O) groups is 1. The van der Waals surface area contributed by atoms with Crippen LogP contribution in [0.15, 0.2) is 22.5 Å². The van der Waals surface area contributed by atoms with Crippen LogP contribution in [0, 0.1) is 0 Å². The molecular weight excluding hydrogens is 422 g/mol. The summed E-state index contributed by atoms with van der Waals surface area (Å²) < 4.78 is 11.7. The van der Waals surface area contributed by atoms with Gasteiger partial charge in [-0.25, -0.2) is 0 Å². The molecule has 10 heteroatoms. The Balaban J connectivity index is 1.18. The van der Waals surface area contributed by atoms with Crippen molar-refractivity contribution in [3.63, 3.8) is 0 Å². The zero-order valence-electron chi connectivity index (χ0n) is 17.1. The molecule has 1 saturated heterocycles. The molecule has 162 valence electrons. The van der Waals surface area contributed by atoms with Gasteiger partial charge in [0.1, 0.15) is 0 Å². The molecule has 0 aliphatic carbocycles. The van der Waals surface area contributed by atoms with Crippen LogP contribution >= 0.6 is 23.1 Å². The quantitative estimate of drug-likeness (QED) is 0.462. The van der Waals surface area contributed by atoms with Gasteiger partial charge in [-0.2, -0.15) is 0 Å². The van der Waals surface area contributed by atoms with Crippen LogP contribution in [0.4, 0.5) is 5.13 Å². The number of fused-ring (bicyclic) bond motifs is 1. The lowest BCUT2D eigenvalue weighted by molar-refractivity contribution is -0.130. The molecule has 0 saturated carbocycles. The largest absolute Gasteiger partial charge is 0.454 e. The highest BCUT2D eigenvalue weighted by atomic mass is 32.2. The molecule has 1 aromatic carbocycles. The van der Waals surface area contributed by atoms with Crippen molar-refractivity contribution in [1.29, 1.82) is 0 Å². The topological polar surface area (TPSA) is 79.8 Å². The van der Waals surface area contributed by atoms with Crippen molar-refractivity contribution in [1.82, 2.24) is 20.0 Å². The Morgan fingerprint density at radius 3 is 2.87 bits per heavy atom. The third-order valence-corrected chi connectivity index (χ3v) is 7.10. The van der Waals surface area contributed by atoms with E-state index in [4.69, 9.17) is 9.47 Å². The number of hydrogen-bond donors (Lipinski definition) is 1. The Labute approximate surface area is 184 Å². The number of nitrogens with zero attached hydrogens (tertiary/aromatic N) is 4. The molecule has 0 unspecified atom stereocenters. The number of rotatable bonds is 9. The lowest BCUT2D eigenvalue weighted by Gasteiger charge is -2.34. The maximum Gasteiger partial charge on any atom is 0.233 e. The second-order valence-corrected chi connectivity index (χ2v) is 9.49. The van der Waals surface area contributed by atoms with Gasteiger partial charge in [-0.3, -0.25) is 9.69 Å². The van der Waals surface area contributed by atoms with Crippen molar-refractivity contribution in [2.75, 3.05) is 50.6 Å². The van der Waals surface area contributed by atoms with E-state index < -0.39 is 0 Å². The van der Waals surface area contributed by atoms with Gasteiger partial charge in [-0.15, -0.1) is 10.2 Å². The second kappa shape index (κ2) is 10.3. The molecule has 4 rings (SSSR count). The highest BCUT2D eigenvalue weighted by Crippen LogP contribution is 2.33. The van der Waals surface area contributed by atoms with Crippen LogP contribution in [0.1, 0.15) is 25.3 Å². The van der Waals surface area contributed by atoms with Crippen molar-refractivity contribution in [2.45, 2.75) is 30.6 Å². The van der Waals surface area contributed by atoms with Crippen LogP contribution in [0.5, 0.6) is 11.5 Å². The third-order valence-electron chi connectivity index (χ3n) is 5.10. The van der Waals surface area contributed by atoms with Crippen molar-refractivity contribution in [3.05, 3.63) is 23.8 Å². The van der Waals surface area contributed by atoms with Gasteiger partial charge in [0, 0.05) is 39.3 Å². The number of hydrogen-bond acceptors (Lipinski definition) is 9. The van der Waals surface area contributed by atoms with Crippen LogP contribution in [0.3, 0.4) is 0 Å². The summed E-state index contributed by atoms with van der Waals surface area (Å²) in [7, 11) is 0. The number of piperazine rings is 1. The van der Waals surface area contributed by atoms with E-state index in [2.05, 4.69) is 33.4 Å². The summed E-state index contributed by atoms with van der Waals surface area (Å²) in [6.45, 7) is 7.46. The standard InChI is InChI=1S/C20H27N5O3S2/c1-2-3-6-21-19-22-23-20(30-19)29-13-18(26)25-9-7-24(8-10-25)12-15-4-5-16-17(11-15)28-14-27-16/h4-5,11H,2-3,6-10,12-14H2,1H3,(H,21,22). The molecular formula is C20H27N5O3S2. The molecule has 2 aliphatic rings. The summed E-state index contributed by atoms with van der Waals surface area (Å²) in [4.78, 5) is 16.9. The van der Waals surface area contributed by atoms with Crippen LogP contribution in [-0.4, -0.2) is 71.2 Å². The molecule has 2 aliphatic heterocycles. The number of thioether (sulfide) groups is 1. The average molecular weight is 450 g/mol. The van der Waals surface area contributed by atoms with Gasteiger partial charge in [0.15, 0.2) is 15.8 Å². The first-order valence-electron chi connectivity index (χ1n) is 10.3. The second-order valence-electron chi connectivity index (χ2n) is 7.29. The normalized spacial score (nSPS) is 16.1. The highest BCUT2D eigenvalue weighted by Gasteiger charge is 2.22. The molecule has 0 bridgehead atoms.